The van der Waals surface area contributed by atoms with E-state index in [1.165, 1.54) is 4.31 Å². The second-order valence-electron chi connectivity index (χ2n) is 7.13. The summed E-state index contributed by atoms with van der Waals surface area (Å²) >= 11 is 5.82. The number of hydrogen-bond acceptors (Lipinski definition) is 5. The van der Waals surface area contributed by atoms with Gasteiger partial charge in [0.15, 0.2) is 0 Å². The van der Waals surface area contributed by atoms with E-state index in [0.29, 0.717) is 18.1 Å². The van der Waals surface area contributed by atoms with E-state index in [9.17, 15) is 18.0 Å². The van der Waals surface area contributed by atoms with Crippen LogP contribution in [0.4, 0.5) is 0 Å². The van der Waals surface area contributed by atoms with E-state index < -0.39 is 28.1 Å². The SMILES string of the molecule is Cc1ccc(S(=O)(=O)N2CCCOC2CNC(=O)C(=O)NCc2ccc(Cl)cc2)cc1. The fourth-order valence-electron chi connectivity index (χ4n) is 3.07. The normalized spacial score (nSPS) is 17.2. The molecule has 1 aliphatic heterocycles. The van der Waals surface area contributed by atoms with Crippen LogP contribution in [0.15, 0.2) is 53.4 Å². The van der Waals surface area contributed by atoms with E-state index in [2.05, 4.69) is 10.6 Å². The van der Waals surface area contributed by atoms with E-state index in [1.807, 2.05) is 6.92 Å². The molecular formula is C21H24ClN3O5S. The first-order valence-corrected chi connectivity index (χ1v) is 11.6. The molecule has 0 bridgehead atoms. The molecule has 31 heavy (non-hydrogen) atoms. The smallest absolute Gasteiger partial charge is 0.309 e. The second-order valence-corrected chi connectivity index (χ2v) is 9.45. The molecule has 0 aromatic heterocycles. The Hall–Kier alpha value is -2.46. The summed E-state index contributed by atoms with van der Waals surface area (Å²) in [6.45, 7) is 2.52. The Morgan fingerprint density at radius 2 is 1.71 bits per heavy atom. The zero-order chi connectivity index (χ0) is 22.4. The van der Waals surface area contributed by atoms with Gasteiger partial charge in [-0.2, -0.15) is 4.31 Å². The first-order valence-electron chi connectivity index (χ1n) is 9.78. The number of amides is 2. The molecule has 1 saturated heterocycles. The molecule has 8 nitrogen and oxygen atoms in total. The van der Waals surface area contributed by atoms with Gasteiger partial charge in [-0.1, -0.05) is 41.4 Å². The Morgan fingerprint density at radius 3 is 2.39 bits per heavy atom. The largest absolute Gasteiger partial charge is 0.360 e. The van der Waals surface area contributed by atoms with Gasteiger partial charge >= 0.3 is 11.8 Å². The maximum Gasteiger partial charge on any atom is 0.309 e. The predicted molar refractivity (Wildman–Crippen MR) is 116 cm³/mol. The summed E-state index contributed by atoms with van der Waals surface area (Å²) in [5.74, 6) is -1.69. The fourth-order valence-corrected chi connectivity index (χ4v) is 4.76. The average molecular weight is 466 g/mol. The maximum absolute atomic E-state index is 13.0. The number of hydrogen-bond donors (Lipinski definition) is 2. The molecular weight excluding hydrogens is 442 g/mol. The number of rotatable bonds is 6. The number of carbonyl (C=O) groups excluding carboxylic acids is 2. The Balaban J connectivity index is 1.58. The third-order valence-corrected chi connectivity index (χ3v) is 6.95. The lowest BCUT2D eigenvalue weighted by molar-refractivity contribution is -0.140. The Kier molecular flexibility index (Phi) is 7.66. The Morgan fingerprint density at radius 1 is 1.06 bits per heavy atom. The molecule has 1 fully saturated rings. The van der Waals surface area contributed by atoms with Crippen molar-refractivity contribution < 1.29 is 22.7 Å². The standard InChI is InChI=1S/C21H24ClN3O5S/c1-15-3-9-18(10-4-15)31(28,29)25-11-2-12-30-19(25)14-24-21(27)20(26)23-13-16-5-7-17(22)8-6-16/h3-10,19H,2,11-14H2,1H3,(H,23,26)(H,24,27). The molecule has 0 saturated carbocycles. The van der Waals surface area contributed by atoms with Crippen molar-refractivity contribution >= 4 is 33.4 Å². The van der Waals surface area contributed by atoms with Gasteiger partial charge in [0.25, 0.3) is 0 Å². The molecule has 2 N–H and O–H groups in total. The minimum atomic E-state index is -3.80. The second kappa shape index (κ2) is 10.2. The van der Waals surface area contributed by atoms with Crippen LogP contribution in [0.2, 0.25) is 5.02 Å². The van der Waals surface area contributed by atoms with Gasteiger partial charge in [-0.3, -0.25) is 9.59 Å². The van der Waals surface area contributed by atoms with Gasteiger partial charge in [0.05, 0.1) is 18.0 Å². The van der Waals surface area contributed by atoms with E-state index in [4.69, 9.17) is 16.3 Å². The van der Waals surface area contributed by atoms with Crippen LogP contribution in [0.1, 0.15) is 17.5 Å². The molecule has 1 aliphatic rings. The van der Waals surface area contributed by atoms with Gasteiger partial charge in [0, 0.05) is 18.1 Å². The van der Waals surface area contributed by atoms with E-state index in [0.717, 1.165) is 11.1 Å². The number of ether oxygens (including phenoxy) is 1. The van der Waals surface area contributed by atoms with Crippen molar-refractivity contribution in [3.63, 3.8) is 0 Å². The zero-order valence-electron chi connectivity index (χ0n) is 17.0. The lowest BCUT2D eigenvalue weighted by Crippen LogP contribution is -2.53. The number of benzene rings is 2. The molecule has 2 aromatic rings. The molecule has 2 aromatic carbocycles. The summed E-state index contributed by atoms with van der Waals surface area (Å²) < 4.78 is 32.8. The number of halogens is 1. The zero-order valence-corrected chi connectivity index (χ0v) is 18.6. The molecule has 0 spiro atoms. The van der Waals surface area contributed by atoms with Crippen molar-refractivity contribution in [1.82, 2.24) is 14.9 Å². The first kappa shape index (κ1) is 23.2. The highest BCUT2D eigenvalue weighted by Gasteiger charge is 2.34. The van der Waals surface area contributed by atoms with E-state index in [-0.39, 0.29) is 24.5 Å². The molecule has 3 rings (SSSR count). The number of nitrogens with one attached hydrogen (secondary N) is 2. The van der Waals surface area contributed by atoms with Crippen molar-refractivity contribution in [3.8, 4) is 0 Å². The molecule has 0 aliphatic carbocycles. The molecule has 1 atom stereocenters. The molecule has 1 heterocycles. The third-order valence-electron chi connectivity index (χ3n) is 4.79. The van der Waals surface area contributed by atoms with Gasteiger partial charge in [-0.25, -0.2) is 8.42 Å². The molecule has 2 amide bonds. The van der Waals surface area contributed by atoms with Crippen molar-refractivity contribution in [2.75, 3.05) is 19.7 Å². The van der Waals surface area contributed by atoms with Gasteiger partial charge in [0.2, 0.25) is 10.0 Å². The van der Waals surface area contributed by atoms with Gasteiger partial charge in [-0.15, -0.1) is 0 Å². The topological polar surface area (TPSA) is 105 Å². The van der Waals surface area contributed by atoms with Gasteiger partial charge in [0.1, 0.15) is 6.23 Å². The highest BCUT2D eigenvalue weighted by molar-refractivity contribution is 7.89. The van der Waals surface area contributed by atoms with Gasteiger partial charge < -0.3 is 15.4 Å². The minimum absolute atomic E-state index is 0.141. The maximum atomic E-state index is 13.0. The molecule has 166 valence electrons. The fraction of sp³-hybridized carbons (Fsp3) is 0.333. The molecule has 1 unspecified atom stereocenters. The van der Waals surface area contributed by atoms with Crippen LogP contribution < -0.4 is 10.6 Å². The summed E-state index contributed by atoms with van der Waals surface area (Å²) in [6, 6.07) is 13.4. The monoisotopic (exact) mass is 465 g/mol. The average Bonchev–Trinajstić information content (AvgIpc) is 2.77. The van der Waals surface area contributed by atoms with E-state index in [1.54, 1.807) is 48.5 Å². The van der Waals surface area contributed by atoms with Gasteiger partial charge in [-0.05, 0) is 43.2 Å². The summed E-state index contributed by atoms with van der Waals surface area (Å²) in [6.07, 6.45) is -0.357. The quantitative estimate of drug-likeness (QED) is 0.633. The number of sulfonamides is 1. The van der Waals surface area contributed by atoms with Crippen LogP contribution in [0.3, 0.4) is 0 Å². The third kappa shape index (κ3) is 6.04. The van der Waals surface area contributed by atoms with Crippen LogP contribution in [-0.2, 0) is 30.9 Å². The van der Waals surface area contributed by atoms with Crippen LogP contribution in [0, 0.1) is 6.92 Å². The first-order chi connectivity index (χ1) is 14.8. The Bertz CT molecular complexity index is 1030. The Labute approximate surface area is 186 Å². The summed E-state index contributed by atoms with van der Waals surface area (Å²) in [5.41, 5.74) is 1.74. The highest BCUT2D eigenvalue weighted by Crippen LogP contribution is 2.22. The summed E-state index contributed by atoms with van der Waals surface area (Å²) in [5, 5.41) is 5.54. The highest BCUT2D eigenvalue weighted by atomic mass is 35.5. The summed E-state index contributed by atoms with van der Waals surface area (Å²) in [4.78, 5) is 24.4. The van der Waals surface area contributed by atoms with Crippen molar-refractivity contribution in [1.29, 1.82) is 0 Å². The lowest BCUT2D eigenvalue weighted by Gasteiger charge is -2.34. The number of nitrogens with zero attached hydrogens (tertiary/aromatic N) is 1. The lowest BCUT2D eigenvalue weighted by atomic mass is 10.2. The van der Waals surface area contributed by atoms with Crippen LogP contribution in [-0.4, -0.2) is 50.5 Å². The van der Waals surface area contributed by atoms with E-state index >= 15 is 0 Å². The number of carbonyl (C=O) groups is 2. The predicted octanol–water partition coefficient (Wildman–Crippen LogP) is 1.82. The summed E-state index contributed by atoms with van der Waals surface area (Å²) in [7, 11) is -3.80. The van der Waals surface area contributed by atoms with Crippen molar-refractivity contribution in [2.45, 2.75) is 31.0 Å². The van der Waals surface area contributed by atoms with Crippen LogP contribution >= 0.6 is 11.6 Å². The number of aryl methyl sites for hydroxylation is 1. The molecule has 10 heteroatoms. The van der Waals surface area contributed by atoms with Crippen molar-refractivity contribution in [2.24, 2.45) is 0 Å². The molecule has 0 radical (unpaired) electrons. The van der Waals surface area contributed by atoms with Crippen LogP contribution in [0.25, 0.3) is 0 Å². The minimum Gasteiger partial charge on any atom is -0.360 e. The van der Waals surface area contributed by atoms with Crippen LogP contribution in [0.5, 0.6) is 0 Å². The van der Waals surface area contributed by atoms with Crippen molar-refractivity contribution in [3.05, 3.63) is 64.7 Å².